The molecule has 0 bridgehead atoms. The molecule has 0 heterocycles. The molecule has 0 spiro atoms. The molecule has 0 aromatic carbocycles. The third-order valence-electron chi connectivity index (χ3n) is 7.30. The highest BCUT2D eigenvalue weighted by atomic mass is 16.5. The number of esters is 1. The number of hydrogen-bond donors (Lipinski definition) is 0. The van der Waals surface area contributed by atoms with Crippen LogP contribution in [0.15, 0.2) is 0 Å². The van der Waals surface area contributed by atoms with Crippen molar-refractivity contribution in [3.63, 3.8) is 0 Å². The van der Waals surface area contributed by atoms with Gasteiger partial charge in [0.25, 0.3) is 0 Å². The molecule has 34 heavy (non-hydrogen) atoms. The molecule has 0 aromatic heterocycles. The summed E-state index contributed by atoms with van der Waals surface area (Å²) in [7, 11) is 0. The molecule has 0 N–H and O–H groups in total. The molecule has 204 valence electrons. The van der Waals surface area contributed by atoms with Gasteiger partial charge in [-0.25, -0.2) is 0 Å². The van der Waals surface area contributed by atoms with Crippen LogP contribution in [0.1, 0.15) is 194 Å². The predicted octanol–water partition coefficient (Wildman–Crippen LogP) is 11.3. The third-order valence-corrected chi connectivity index (χ3v) is 7.30. The first kappa shape index (κ1) is 25.1. The van der Waals surface area contributed by atoms with E-state index in [9.17, 15) is 4.79 Å². The molecule has 0 saturated carbocycles. The minimum Gasteiger partial charge on any atom is -0.466 e. The van der Waals surface area contributed by atoms with E-state index in [1.165, 1.54) is 116 Å². The van der Waals surface area contributed by atoms with Crippen LogP contribution >= 0.6 is 0 Å². The van der Waals surface area contributed by atoms with E-state index in [1.807, 2.05) is 0 Å². The first-order valence-electron chi connectivity index (χ1n) is 17.9. The van der Waals surface area contributed by atoms with Crippen LogP contribution < -0.4 is 0 Å². The number of carbonyl (C=O) groups excluding carboxylic acids is 1. The molecular weight excluding hydrogens is 416 g/mol. The Morgan fingerprint density at radius 1 is 0.559 bits per heavy atom. The maximum absolute atomic E-state index is 12.8. The predicted molar refractivity (Wildman–Crippen MR) is 152 cm³/mol. The Hall–Kier alpha value is -0.530. The molecule has 0 aliphatic carbocycles. The molecule has 0 rings (SSSR count). The van der Waals surface area contributed by atoms with Crippen LogP contribution in [0.5, 0.6) is 0 Å². The molecular formula is C32H64O2. The smallest absolute Gasteiger partial charge is 0.308 e. The maximum Gasteiger partial charge on any atom is 0.308 e. The van der Waals surface area contributed by atoms with Gasteiger partial charge in [-0.15, -0.1) is 0 Å². The lowest BCUT2D eigenvalue weighted by Gasteiger charge is -2.15. The number of hydrogen-bond acceptors (Lipinski definition) is 2. The van der Waals surface area contributed by atoms with Gasteiger partial charge in [-0.05, 0) is 19.7 Å². The summed E-state index contributed by atoms with van der Waals surface area (Å²) in [5, 5.41) is 0. The second kappa shape index (κ2) is 28.7. The van der Waals surface area contributed by atoms with E-state index in [0.29, 0.717) is 12.8 Å². The lowest BCUT2D eigenvalue weighted by Crippen LogP contribution is -2.18. The quantitative estimate of drug-likeness (QED) is 0.0813. The van der Waals surface area contributed by atoms with Gasteiger partial charge in [0.05, 0.1) is 15.2 Å². The van der Waals surface area contributed by atoms with Crippen molar-refractivity contribution in [2.24, 2.45) is 5.92 Å². The van der Waals surface area contributed by atoms with Gasteiger partial charge in [0, 0.05) is 4.11 Å². The number of rotatable bonds is 28. The van der Waals surface area contributed by atoms with Crippen molar-refractivity contribution >= 4 is 5.97 Å². The van der Waals surface area contributed by atoms with E-state index in [1.54, 1.807) is 0 Å². The van der Waals surface area contributed by atoms with E-state index in [4.69, 9.17) is 11.6 Å². The lowest BCUT2D eigenvalue weighted by molar-refractivity contribution is -0.148. The zero-order chi connectivity index (χ0) is 29.2. The summed E-state index contributed by atoms with van der Waals surface area (Å²) >= 11 is 0. The van der Waals surface area contributed by atoms with E-state index in [0.717, 1.165) is 38.5 Å². The topological polar surface area (TPSA) is 26.3 Å². The van der Waals surface area contributed by atoms with E-state index in [-0.39, 0.29) is 0 Å². The zero-order valence-electron chi connectivity index (χ0n) is 28.3. The van der Waals surface area contributed by atoms with E-state index in [2.05, 4.69) is 13.8 Å². The average molecular weight is 486 g/mol. The van der Waals surface area contributed by atoms with E-state index >= 15 is 0 Å². The summed E-state index contributed by atoms with van der Waals surface area (Å²) in [5.74, 6) is -1.09. The molecule has 0 saturated heterocycles. The standard InChI is InChI=1S/C32H64O2/c1-4-7-9-11-13-15-17-19-21-23-25-27-29-31(32(33)34-6-3)30-28-26-24-22-20-18-16-14-12-10-8-5-2/h31H,4-30H2,1-3H3/i3D3,6D2. The molecule has 0 amide bonds. The Kier molecular flexibility index (Phi) is 21.2. The Morgan fingerprint density at radius 2 is 0.853 bits per heavy atom. The van der Waals surface area contributed by atoms with Crippen molar-refractivity contribution in [3.05, 3.63) is 0 Å². The van der Waals surface area contributed by atoms with Crippen molar-refractivity contribution in [1.29, 1.82) is 0 Å². The summed E-state index contributed by atoms with van der Waals surface area (Å²) in [5.41, 5.74) is 0. The van der Waals surface area contributed by atoms with Gasteiger partial charge in [-0.3, -0.25) is 4.79 Å². The minimum atomic E-state index is -2.97. The number of carbonyl (C=O) groups is 1. The lowest BCUT2D eigenvalue weighted by atomic mass is 9.94. The van der Waals surface area contributed by atoms with Crippen molar-refractivity contribution < 1.29 is 16.4 Å². The second-order valence-corrected chi connectivity index (χ2v) is 10.6. The van der Waals surface area contributed by atoms with Crippen LogP contribution in [0.2, 0.25) is 0 Å². The molecule has 0 radical (unpaired) electrons. The Bertz CT molecular complexity index is 523. The van der Waals surface area contributed by atoms with Crippen molar-refractivity contribution in [2.45, 2.75) is 188 Å². The van der Waals surface area contributed by atoms with Crippen molar-refractivity contribution in [1.82, 2.24) is 0 Å². The summed E-state index contributed by atoms with van der Waals surface area (Å²) < 4.78 is 42.4. The molecule has 0 atom stereocenters. The molecule has 2 heteroatoms. The second-order valence-electron chi connectivity index (χ2n) is 10.6. The minimum absolute atomic E-state index is 0.409. The highest BCUT2D eigenvalue weighted by Gasteiger charge is 2.18. The van der Waals surface area contributed by atoms with Crippen LogP contribution in [-0.2, 0) is 9.53 Å². The fourth-order valence-electron chi connectivity index (χ4n) is 4.98. The van der Waals surface area contributed by atoms with Gasteiger partial charge in [-0.2, -0.15) is 0 Å². The van der Waals surface area contributed by atoms with Crippen LogP contribution in [-0.4, -0.2) is 12.5 Å². The molecule has 0 aromatic rings. The summed E-state index contributed by atoms with van der Waals surface area (Å²) in [4.78, 5) is 12.8. The van der Waals surface area contributed by atoms with Gasteiger partial charge in [0.2, 0.25) is 0 Å². The SMILES string of the molecule is [2H]C([2H])([2H])C([2H])([2H])OC(=O)C(CCCCCCCCCCCCCC)CCCCCCCCCCCCCC. The summed E-state index contributed by atoms with van der Waals surface area (Å²) in [6, 6.07) is 0. The van der Waals surface area contributed by atoms with Crippen molar-refractivity contribution in [2.75, 3.05) is 6.56 Å². The Morgan fingerprint density at radius 3 is 1.15 bits per heavy atom. The molecule has 0 unspecified atom stereocenters. The fourth-order valence-corrected chi connectivity index (χ4v) is 4.98. The first-order chi connectivity index (χ1) is 18.7. The Labute approximate surface area is 222 Å². The first-order valence-corrected chi connectivity index (χ1v) is 15.4. The number of unbranched alkanes of at least 4 members (excludes halogenated alkanes) is 22. The largest absolute Gasteiger partial charge is 0.466 e. The van der Waals surface area contributed by atoms with Gasteiger partial charge < -0.3 is 4.74 Å². The van der Waals surface area contributed by atoms with Crippen LogP contribution in [0.25, 0.3) is 0 Å². The Balaban J connectivity index is 4.21. The third kappa shape index (κ3) is 24.6. The van der Waals surface area contributed by atoms with Gasteiger partial charge in [-0.1, -0.05) is 168 Å². The van der Waals surface area contributed by atoms with Crippen molar-refractivity contribution in [3.8, 4) is 0 Å². The van der Waals surface area contributed by atoms with Crippen LogP contribution in [0, 0.1) is 5.92 Å². The molecule has 2 nitrogen and oxygen atoms in total. The summed E-state index contributed by atoms with van der Waals surface area (Å²) in [6.07, 6.45) is 31.3. The molecule has 0 aliphatic rings. The normalized spacial score (nSPS) is 14.4. The molecule has 0 aliphatic heterocycles. The van der Waals surface area contributed by atoms with Gasteiger partial charge in [0.1, 0.15) is 0 Å². The average Bonchev–Trinajstić information content (AvgIpc) is 2.87. The maximum atomic E-state index is 12.8. The van der Waals surface area contributed by atoms with Gasteiger partial charge >= 0.3 is 5.97 Å². The zero-order valence-corrected chi connectivity index (χ0v) is 23.3. The van der Waals surface area contributed by atoms with E-state index < -0.39 is 25.3 Å². The monoisotopic (exact) mass is 486 g/mol. The van der Waals surface area contributed by atoms with Gasteiger partial charge in [0.15, 0.2) is 0 Å². The van der Waals surface area contributed by atoms with Crippen LogP contribution in [0.4, 0.5) is 0 Å². The highest BCUT2D eigenvalue weighted by molar-refractivity contribution is 5.72. The highest BCUT2D eigenvalue weighted by Crippen LogP contribution is 2.21. The van der Waals surface area contributed by atoms with Crippen LogP contribution in [0.3, 0.4) is 0 Å². The fraction of sp³-hybridized carbons (Fsp3) is 0.969. The number of ether oxygens (including phenoxy) is 1. The summed E-state index contributed by atoms with van der Waals surface area (Å²) in [6.45, 7) is -1.41. The molecule has 0 fully saturated rings.